The molecule has 0 aliphatic carbocycles. The van der Waals surface area contributed by atoms with Crippen molar-refractivity contribution in [3.8, 4) is 0 Å². The number of benzene rings is 1. The molecule has 10 nitrogen and oxygen atoms in total. The standard InChI is InChI=1S/C21H25N2O8PS3/c1-21(26)18-14(29-19(21)23-8-7-17(24)22-20(23)25)10-28-32(33,31-18)30-16-12-35-34-11-15(16)27-9-13-5-3-2-4-6-13/h2-8,14-16,18-19,26H,9-12H2,1H3,(H,22,24,25)/t14-,15?,16+,18-,19-,21-,32?/m1/s1. The molecule has 2 N–H and O–H groups in total. The Labute approximate surface area is 214 Å². The van der Waals surface area contributed by atoms with E-state index in [-0.39, 0.29) is 18.8 Å². The van der Waals surface area contributed by atoms with Gasteiger partial charge in [-0.3, -0.25) is 18.9 Å². The van der Waals surface area contributed by atoms with Crippen LogP contribution in [0.15, 0.2) is 52.2 Å². The van der Waals surface area contributed by atoms with Crippen molar-refractivity contribution in [3.63, 3.8) is 0 Å². The van der Waals surface area contributed by atoms with E-state index in [9.17, 15) is 14.7 Å². The van der Waals surface area contributed by atoms with E-state index in [0.717, 1.165) is 15.9 Å². The number of aliphatic hydroxyl groups is 1. The summed E-state index contributed by atoms with van der Waals surface area (Å²) in [6.45, 7) is -1.27. The molecule has 0 bridgehead atoms. The lowest BCUT2D eigenvalue weighted by Gasteiger charge is -2.40. The van der Waals surface area contributed by atoms with Gasteiger partial charge in [0, 0.05) is 23.8 Å². The fraction of sp³-hybridized carbons (Fsp3) is 0.524. The molecule has 2 aromatic rings. The Balaban J connectivity index is 1.29. The fourth-order valence-electron chi connectivity index (χ4n) is 4.18. The van der Waals surface area contributed by atoms with Crippen LogP contribution in [0.3, 0.4) is 0 Å². The van der Waals surface area contributed by atoms with E-state index in [0.29, 0.717) is 12.4 Å². The normalized spacial score (nSPS) is 37.1. The van der Waals surface area contributed by atoms with Crippen molar-refractivity contribution in [1.29, 1.82) is 0 Å². The number of H-pyrrole nitrogens is 1. The van der Waals surface area contributed by atoms with Crippen LogP contribution in [0, 0.1) is 0 Å². The van der Waals surface area contributed by atoms with E-state index in [4.69, 9.17) is 34.9 Å². The van der Waals surface area contributed by atoms with E-state index >= 15 is 0 Å². The Hall–Kier alpha value is -0.990. The summed E-state index contributed by atoms with van der Waals surface area (Å²) in [5.74, 6) is 1.37. The molecule has 7 atom stereocenters. The zero-order chi connectivity index (χ0) is 24.6. The van der Waals surface area contributed by atoms with Gasteiger partial charge in [0.15, 0.2) is 6.23 Å². The monoisotopic (exact) mass is 560 g/mol. The van der Waals surface area contributed by atoms with E-state index in [1.165, 1.54) is 19.2 Å². The highest BCUT2D eigenvalue weighted by atomic mass is 33.1. The predicted molar refractivity (Wildman–Crippen MR) is 136 cm³/mol. The van der Waals surface area contributed by atoms with Crippen LogP contribution < -0.4 is 11.2 Å². The van der Waals surface area contributed by atoms with Crippen LogP contribution in [0.25, 0.3) is 0 Å². The van der Waals surface area contributed by atoms with Gasteiger partial charge >= 0.3 is 12.4 Å². The molecule has 190 valence electrons. The molecule has 2 unspecified atom stereocenters. The molecule has 3 fully saturated rings. The average molecular weight is 561 g/mol. The Bertz CT molecular complexity index is 1210. The maximum Gasteiger partial charge on any atom is 0.330 e. The largest absolute Gasteiger partial charge is 0.383 e. The summed E-state index contributed by atoms with van der Waals surface area (Å²) in [7, 11) is 3.38. The number of hydrogen-bond acceptors (Lipinski definition) is 11. The predicted octanol–water partition coefficient (Wildman–Crippen LogP) is 2.19. The third kappa shape index (κ3) is 5.49. The second kappa shape index (κ2) is 10.4. The average Bonchev–Trinajstić information content (AvgIpc) is 3.08. The number of nitrogens with one attached hydrogen (secondary N) is 1. The summed E-state index contributed by atoms with van der Waals surface area (Å²) >= 11 is 5.68. The van der Waals surface area contributed by atoms with Crippen LogP contribution >= 0.6 is 28.3 Å². The lowest BCUT2D eigenvalue weighted by molar-refractivity contribution is -0.0940. The molecule has 35 heavy (non-hydrogen) atoms. The van der Waals surface area contributed by atoms with Crippen molar-refractivity contribution in [3.05, 3.63) is 69.0 Å². The van der Waals surface area contributed by atoms with Crippen LogP contribution in [0.5, 0.6) is 0 Å². The summed E-state index contributed by atoms with van der Waals surface area (Å²) in [5.41, 5.74) is -1.82. The van der Waals surface area contributed by atoms with Gasteiger partial charge in [-0.25, -0.2) is 4.79 Å². The zero-order valence-electron chi connectivity index (χ0n) is 18.7. The van der Waals surface area contributed by atoms with Gasteiger partial charge in [0.1, 0.15) is 23.9 Å². The van der Waals surface area contributed by atoms with Gasteiger partial charge in [0.25, 0.3) is 5.56 Å². The van der Waals surface area contributed by atoms with Crippen molar-refractivity contribution < 1.29 is 28.2 Å². The Morgan fingerprint density at radius 3 is 2.71 bits per heavy atom. The smallest absolute Gasteiger partial charge is 0.330 e. The quantitative estimate of drug-likeness (QED) is 0.400. The first-order valence-electron chi connectivity index (χ1n) is 11.0. The minimum atomic E-state index is -3.26. The zero-order valence-corrected chi connectivity index (χ0v) is 22.0. The summed E-state index contributed by atoms with van der Waals surface area (Å²) < 4.78 is 31.4. The lowest BCUT2D eigenvalue weighted by atomic mass is 9.96. The van der Waals surface area contributed by atoms with Crippen molar-refractivity contribution in [2.75, 3.05) is 18.1 Å². The van der Waals surface area contributed by atoms with Gasteiger partial charge in [-0.2, -0.15) is 0 Å². The van der Waals surface area contributed by atoms with Crippen LogP contribution in [0.4, 0.5) is 0 Å². The third-order valence-corrected chi connectivity index (χ3v) is 10.7. The molecular weight excluding hydrogens is 535 g/mol. The highest BCUT2D eigenvalue weighted by Gasteiger charge is 2.59. The SMILES string of the molecule is C[C@@]1(O)[C@@H]2OP(=S)(O[C@H]3CSSCC3OCc3ccccc3)OC[C@H]2O[C@H]1n1ccc(=O)[nH]c1=O. The van der Waals surface area contributed by atoms with Crippen LogP contribution in [-0.4, -0.2) is 62.8 Å². The van der Waals surface area contributed by atoms with Gasteiger partial charge in [-0.05, 0) is 24.3 Å². The lowest BCUT2D eigenvalue weighted by Crippen LogP contribution is -2.49. The Kier molecular flexibility index (Phi) is 7.63. The molecule has 1 aromatic carbocycles. The Morgan fingerprint density at radius 1 is 1.23 bits per heavy atom. The van der Waals surface area contributed by atoms with E-state index in [2.05, 4.69) is 4.98 Å². The van der Waals surface area contributed by atoms with Crippen LogP contribution in [0.2, 0.25) is 0 Å². The van der Waals surface area contributed by atoms with Crippen LogP contribution in [0.1, 0.15) is 18.7 Å². The van der Waals surface area contributed by atoms with Crippen molar-refractivity contribution in [2.24, 2.45) is 0 Å². The topological polar surface area (TPSA) is 121 Å². The Morgan fingerprint density at radius 2 is 1.97 bits per heavy atom. The molecule has 4 heterocycles. The van der Waals surface area contributed by atoms with E-state index < -0.39 is 42.0 Å². The van der Waals surface area contributed by atoms with Gasteiger partial charge in [0.2, 0.25) is 0 Å². The molecule has 3 saturated heterocycles. The number of rotatable bonds is 6. The minimum absolute atomic E-state index is 0.0385. The van der Waals surface area contributed by atoms with Gasteiger partial charge in [-0.15, -0.1) is 0 Å². The first-order valence-corrected chi connectivity index (χ1v) is 16.0. The number of ether oxygens (including phenoxy) is 2. The van der Waals surface area contributed by atoms with Gasteiger partial charge in [-0.1, -0.05) is 51.9 Å². The van der Waals surface area contributed by atoms with Gasteiger partial charge < -0.3 is 23.6 Å². The highest BCUT2D eigenvalue weighted by Crippen LogP contribution is 2.60. The van der Waals surface area contributed by atoms with Crippen molar-refractivity contribution >= 4 is 40.1 Å². The molecule has 1 aromatic heterocycles. The van der Waals surface area contributed by atoms with Crippen molar-refractivity contribution in [1.82, 2.24) is 9.55 Å². The summed E-state index contributed by atoms with van der Waals surface area (Å²) in [5, 5.41) is 11.3. The van der Waals surface area contributed by atoms with E-state index in [1.54, 1.807) is 21.6 Å². The molecule has 14 heteroatoms. The van der Waals surface area contributed by atoms with Crippen LogP contribution in [-0.2, 0) is 41.5 Å². The maximum atomic E-state index is 12.3. The first-order chi connectivity index (χ1) is 16.7. The minimum Gasteiger partial charge on any atom is -0.383 e. The summed E-state index contributed by atoms with van der Waals surface area (Å²) in [6, 6.07) is 11.1. The highest BCUT2D eigenvalue weighted by molar-refractivity contribution is 8.76. The maximum absolute atomic E-state index is 12.3. The number of aromatic amines is 1. The molecule has 5 rings (SSSR count). The molecule has 3 aliphatic heterocycles. The molecule has 0 amide bonds. The molecule has 0 spiro atoms. The number of hydrogen-bond donors (Lipinski definition) is 2. The van der Waals surface area contributed by atoms with E-state index in [1.807, 2.05) is 30.3 Å². The summed E-state index contributed by atoms with van der Waals surface area (Å²) in [4.78, 5) is 25.9. The summed E-state index contributed by atoms with van der Waals surface area (Å²) in [6.07, 6.45) is -1.95. The number of aromatic nitrogens is 2. The second-order valence-corrected chi connectivity index (χ2v) is 14.1. The van der Waals surface area contributed by atoms with Crippen molar-refractivity contribution in [2.45, 2.75) is 49.8 Å². The molecular formula is C21H25N2O8PS3. The molecule has 0 saturated carbocycles. The third-order valence-electron chi connectivity index (χ3n) is 5.99. The second-order valence-electron chi connectivity index (χ2n) is 8.59. The molecule has 0 radical (unpaired) electrons. The fourth-order valence-corrected chi connectivity index (χ4v) is 9.18. The van der Waals surface area contributed by atoms with Gasteiger partial charge in [0.05, 0.1) is 19.3 Å². The molecule has 3 aliphatic rings. The first kappa shape index (κ1) is 25.7. The number of nitrogens with zero attached hydrogens (tertiary/aromatic N) is 1. The number of fused-ring (bicyclic) bond motifs is 1.